The van der Waals surface area contributed by atoms with E-state index in [-0.39, 0.29) is 12.1 Å². The molecule has 0 aliphatic carbocycles. The molecule has 2 rings (SSSR count). The van der Waals surface area contributed by atoms with Crippen LogP contribution >= 0.6 is 15.9 Å². The van der Waals surface area contributed by atoms with Gasteiger partial charge in [-0.2, -0.15) is 0 Å². The van der Waals surface area contributed by atoms with Crippen molar-refractivity contribution in [2.45, 2.75) is 39.7 Å². The second kappa shape index (κ2) is 11.8. The lowest BCUT2D eigenvalue weighted by Crippen LogP contribution is -2.10. The topological polar surface area (TPSA) is 47.9 Å². The molecule has 0 bridgehead atoms. The SMILES string of the molecule is COC(=O)/C(=C\CC(C)OC)c1cccc(C)c1CC/N=C(\C)c1cccc(Br)c1. The van der Waals surface area contributed by atoms with Crippen molar-refractivity contribution < 1.29 is 14.3 Å². The van der Waals surface area contributed by atoms with Crippen molar-refractivity contribution >= 4 is 33.2 Å². The smallest absolute Gasteiger partial charge is 0.338 e. The number of aryl methyl sites for hydroxylation is 1. The van der Waals surface area contributed by atoms with E-state index in [1.807, 2.05) is 44.2 Å². The van der Waals surface area contributed by atoms with Crippen molar-refractivity contribution in [2.24, 2.45) is 4.99 Å². The summed E-state index contributed by atoms with van der Waals surface area (Å²) < 4.78 is 11.4. The third-order valence-corrected chi connectivity index (χ3v) is 5.61. The van der Waals surface area contributed by atoms with Crippen LogP contribution in [0.5, 0.6) is 0 Å². The quantitative estimate of drug-likeness (QED) is 0.264. The number of benzene rings is 2. The highest BCUT2D eigenvalue weighted by molar-refractivity contribution is 9.10. The van der Waals surface area contributed by atoms with Crippen molar-refractivity contribution in [3.05, 3.63) is 75.3 Å². The number of aliphatic imine (C=N–C) groups is 1. The minimum atomic E-state index is -0.334. The standard InChI is InChI=1S/C25H30BrNO3/c1-17-8-6-11-23(24(25(28)30-5)13-12-18(2)29-4)22(17)14-15-27-19(3)20-9-7-10-21(26)16-20/h6-11,13,16,18H,12,14-15H2,1-5H3/b24-13-,27-19+. The maximum absolute atomic E-state index is 12.5. The van der Waals surface area contributed by atoms with E-state index in [0.29, 0.717) is 18.5 Å². The van der Waals surface area contributed by atoms with Gasteiger partial charge in [-0.25, -0.2) is 4.79 Å². The number of carbonyl (C=O) groups is 1. The number of esters is 1. The second-order valence-electron chi connectivity index (χ2n) is 7.22. The normalized spacial score (nSPS) is 13.3. The summed E-state index contributed by atoms with van der Waals surface area (Å²) in [6.45, 7) is 6.70. The number of ether oxygens (including phenoxy) is 2. The van der Waals surface area contributed by atoms with Gasteiger partial charge in [0.15, 0.2) is 0 Å². The number of nitrogens with zero attached hydrogens (tertiary/aromatic N) is 1. The van der Waals surface area contributed by atoms with E-state index in [0.717, 1.165) is 38.9 Å². The summed E-state index contributed by atoms with van der Waals surface area (Å²) in [5, 5.41) is 0. The van der Waals surface area contributed by atoms with E-state index < -0.39 is 0 Å². The summed E-state index contributed by atoms with van der Waals surface area (Å²) in [5.41, 5.74) is 5.82. The van der Waals surface area contributed by atoms with Crippen LogP contribution < -0.4 is 0 Å². The second-order valence-corrected chi connectivity index (χ2v) is 8.14. The van der Waals surface area contributed by atoms with Crippen LogP contribution in [0.1, 0.15) is 42.5 Å². The van der Waals surface area contributed by atoms with E-state index in [4.69, 9.17) is 14.5 Å². The molecule has 5 heteroatoms. The Bertz CT molecular complexity index is 934. The van der Waals surface area contributed by atoms with Crippen LogP contribution in [-0.2, 0) is 20.7 Å². The molecular weight excluding hydrogens is 442 g/mol. The van der Waals surface area contributed by atoms with E-state index in [2.05, 4.69) is 41.1 Å². The molecule has 160 valence electrons. The third-order valence-electron chi connectivity index (χ3n) is 5.12. The molecule has 1 unspecified atom stereocenters. The predicted octanol–water partition coefficient (Wildman–Crippen LogP) is 5.79. The van der Waals surface area contributed by atoms with E-state index in [1.165, 1.54) is 7.11 Å². The highest BCUT2D eigenvalue weighted by Crippen LogP contribution is 2.25. The number of rotatable bonds is 9. The Labute approximate surface area is 188 Å². The molecule has 0 fully saturated rings. The third kappa shape index (κ3) is 6.64. The van der Waals surface area contributed by atoms with E-state index in [9.17, 15) is 4.79 Å². The average Bonchev–Trinajstić information content (AvgIpc) is 2.74. The van der Waals surface area contributed by atoms with Gasteiger partial charge in [0.2, 0.25) is 0 Å². The van der Waals surface area contributed by atoms with Crippen LogP contribution in [0.4, 0.5) is 0 Å². The van der Waals surface area contributed by atoms with Crippen molar-refractivity contribution in [1.29, 1.82) is 0 Å². The van der Waals surface area contributed by atoms with Crippen molar-refractivity contribution in [3.8, 4) is 0 Å². The average molecular weight is 472 g/mol. The summed E-state index contributed by atoms with van der Waals surface area (Å²) in [6, 6.07) is 14.1. The first-order valence-electron chi connectivity index (χ1n) is 10.0. The van der Waals surface area contributed by atoms with Crippen LogP contribution in [-0.4, -0.2) is 38.5 Å². The van der Waals surface area contributed by atoms with Crippen LogP contribution in [0, 0.1) is 6.92 Å². The van der Waals surface area contributed by atoms with E-state index >= 15 is 0 Å². The fraction of sp³-hybridized carbons (Fsp3) is 0.360. The number of methoxy groups -OCH3 is 2. The molecule has 0 radical (unpaired) electrons. The van der Waals surface area contributed by atoms with Crippen molar-refractivity contribution in [1.82, 2.24) is 0 Å². The van der Waals surface area contributed by atoms with Gasteiger partial charge in [-0.15, -0.1) is 0 Å². The fourth-order valence-corrected chi connectivity index (χ4v) is 3.62. The Morgan fingerprint density at radius 1 is 1.20 bits per heavy atom. The molecule has 0 aliphatic rings. The van der Waals surface area contributed by atoms with Gasteiger partial charge in [-0.05, 0) is 68.0 Å². The van der Waals surface area contributed by atoms with Gasteiger partial charge in [0.05, 0.1) is 18.8 Å². The molecule has 2 aromatic carbocycles. The summed E-state index contributed by atoms with van der Waals surface area (Å²) >= 11 is 3.51. The van der Waals surface area contributed by atoms with Gasteiger partial charge in [0.25, 0.3) is 0 Å². The highest BCUT2D eigenvalue weighted by atomic mass is 79.9. The molecule has 0 saturated carbocycles. The number of hydrogen-bond acceptors (Lipinski definition) is 4. The lowest BCUT2D eigenvalue weighted by atomic mass is 9.93. The number of carbonyl (C=O) groups excluding carboxylic acids is 1. The monoisotopic (exact) mass is 471 g/mol. The minimum absolute atomic E-state index is 0.0235. The van der Waals surface area contributed by atoms with Crippen LogP contribution in [0.25, 0.3) is 5.57 Å². The Morgan fingerprint density at radius 3 is 2.60 bits per heavy atom. The molecule has 0 N–H and O–H groups in total. The molecule has 0 aliphatic heterocycles. The Hall–Kier alpha value is -2.24. The number of halogens is 1. The largest absolute Gasteiger partial charge is 0.465 e. The summed E-state index contributed by atoms with van der Waals surface area (Å²) in [4.78, 5) is 17.3. The number of hydrogen-bond donors (Lipinski definition) is 0. The maximum Gasteiger partial charge on any atom is 0.338 e. The minimum Gasteiger partial charge on any atom is -0.465 e. The van der Waals surface area contributed by atoms with Crippen molar-refractivity contribution in [3.63, 3.8) is 0 Å². The Kier molecular flexibility index (Phi) is 9.47. The molecule has 4 nitrogen and oxygen atoms in total. The zero-order chi connectivity index (χ0) is 22.1. The first kappa shape index (κ1) is 24.0. The van der Waals surface area contributed by atoms with Gasteiger partial charge in [-0.3, -0.25) is 4.99 Å². The van der Waals surface area contributed by atoms with Gasteiger partial charge < -0.3 is 9.47 Å². The maximum atomic E-state index is 12.5. The molecule has 1 atom stereocenters. The lowest BCUT2D eigenvalue weighted by Gasteiger charge is -2.15. The summed E-state index contributed by atoms with van der Waals surface area (Å²) in [6.07, 6.45) is 3.31. The first-order valence-corrected chi connectivity index (χ1v) is 10.8. The Balaban J connectivity index is 2.30. The molecule has 0 saturated heterocycles. The van der Waals surface area contributed by atoms with Gasteiger partial charge in [0.1, 0.15) is 0 Å². The van der Waals surface area contributed by atoms with Crippen LogP contribution in [0.3, 0.4) is 0 Å². The molecule has 0 aromatic heterocycles. The zero-order valence-corrected chi connectivity index (χ0v) is 20.0. The molecule has 0 amide bonds. The summed E-state index contributed by atoms with van der Waals surface area (Å²) in [5.74, 6) is -0.334. The van der Waals surface area contributed by atoms with E-state index in [1.54, 1.807) is 7.11 Å². The Morgan fingerprint density at radius 2 is 1.93 bits per heavy atom. The van der Waals surface area contributed by atoms with Crippen LogP contribution in [0.15, 0.2) is 58.0 Å². The summed E-state index contributed by atoms with van der Waals surface area (Å²) in [7, 11) is 3.08. The fourth-order valence-electron chi connectivity index (χ4n) is 3.22. The molecular formula is C25H30BrNO3. The molecule has 0 spiro atoms. The van der Waals surface area contributed by atoms with Gasteiger partial charge in [0, 0.05) is 23.8 Å². The molecule has 30 heavy (non-hydrogen) atoms. The lowest BCUT2D eigenvalue weighted by molar-refractivity contribution is -0.133. The van der Waals surface area contributed by atoms with Gasteiger partial charge in [-0.1, -0.05) is 52.3 Å². The zero-order valence-electron chi connectivity index (χ0n) is 18.4. The molecule has 2 aromatic rings. The van der Waals surface area contributed by atoms with Gasteiger partial charge >= 0.3 is 5.97 Å². The first-order chi connectivity index (χ1) is 14.4. The molecule has 0 heterocycles. The van der Waals surface area contributed by atoms with Crippen LogP contribution in [0.2, 0.25) is 0 Å². The van der Waals surface area contributed by atoms with Crippen molar-refractivity contribution in [2.75, 3.05) is 20.8 Å². The highest BCUT2D eigenvalue weighted by Gasteiger charge is 2.17. The predicted molar refractivity (Wildman–Crippen MR) is 127 cm³/mol.